The van der Waals surface area contributed by atoms with Gasteiger partial charge in [0.25, 0.3) is 0 Å². The fourth-order valence-electron chi connectivity index (χ4n) is 4.23. The molecule has 2 aliphatic rings. The number of anilines is 1. The fraction of sp³-hybridized carbons (Fsp3) is 0.700. The Balaban J connectivity index is 1.43. The number of rotatable bonds is 4. The van der Waals surface area contributed by atoms with Crippen LogP contribution in [0.2, 0.25) is 0 Å². The highest BCUT2D eigenvalue weighted by Gasteiger charge is 2.25. The minimum absolute atomic E-state index is 0.864. The maximum Gasteiger partial charge on any atom is 0.0377 e. The van der Waals surface area contributed by atoms with Crippen molar-refractivity contribution in [1.29, 1.82) is 0 Å². The number of thiol groups is 1. The Kier molecular flexibility index (Phi) is 5.92. The van der Waals surface area contributed by atoms with Gasteiger partial charge in [-0.25, -0.2) is 0 Å². The normalized spacial score (nSPS) is 22.0. The number of piperidine rings is 2. The Bertz CT molecular complexity index is 486. The second-order valence-electron chi connectivity index (χ2n) is 7.83. The molecule has 3 rings (SSSR count). The lowest BCUT2D eigenvalue weighted by Gasteiger charge is -2.39. The van der Waals surface area contributed by atoms with Crippen molar-refractivity contribution in [3.63, 3.8) is 0 Å². The molecule has 2 saturated heterocycles. The summed E-state index contributed by atoms with van der Waals surface area (Å²) in [6.45, 7) is 11.1. The van der Waals surface area contributed by atoms with E-state index in [0.29, 0.717) is 0 Å². The van der Waals surface area contributed by atoms with Gasteiger partial charge in [0.05, 0.1) is 0 Å². The molecule has 1 aromatic rings. The Morgan fingerprint density at radius 1 is 1.04 bits per heavy atom. The molecule has 2 fully saturated rings. The van der Waals surface area contributed by atoms with Gasteiger partial charge in [-0.3, -0.25) is 0 Å². The Labute approximate surface area is 147 Å². The first-order valence-electron chi connectivity index (χ1n) is 9.38. The summed E-state index contributed by atoms with van der Waals surface area (Å²) in [5.74, 6) is 2.71. The van der Waals surface area contributed by atoms with Gasteiger partial charge in [0.15, 0.2) is 0 Å². The molecular formula is C20H32N2S. The SMILES string of the molecule is CC(C)C1CCN(CC2CCN(c3cccc(S)c3)CC2)CC1. The average Bonchev–Trinajstić information content (AvgIpc) is 2.56. The zero-order chi connectivity index (χ0) is 16.2. The van der Waals surface area contributed by atoms with Crippen molar-refractivity contribution in [3.8, 4) is 0 Å². The highest BCUT2D eigenvalue weighted by Crippen LogP contribution is 2.28. The van der Waals surface area contributed by atoms with Crippen LogP contribution in [0.5, 0.6) is 0 Å². The molecule has 0 amide bonds. The lowest BCUT2D eigenvalue weighted by Crippen LogP contribution is -2.42. The van der Waals surface area contributed by atoms with E-state index in [1.165, 1.54) is 64.1 Å². The molecule has 0 unspecified atom stereocenters. The predicted molar refractivity (Wildman–Crippen MR) is 103 cm³/mol. The van der Waals surface area contributed by atoms with Crippen molar-refractivity contribution in [2.75, 3.05) is 37.6 Å². The number of hydrogen-bond acceptors (Lipinski definition) is 3. The Morgan fingerprint density at radius 3 is 2.35 bits per heavy atom. The van der Waals surface area contributed by atoms with Crippen molar-refractivity contribution in [2.24, 2.45) is 17.8 Å². The van der Waals surface area contributed by atoms with Crippen molar-refractivity contribution >= 4 is 18.3 Å². The lowest BCUT2D eigenvalue weighted by atomic mass is 9.86. The molecule has 0 N–H and O–H groups in total. The van der Waals surface area contributed by atoms with Crippen LogP contribution in [0.15, 0.2) is 29.2 Å². The topological polar surface area (TPSA) is 6.48 Å². The van der Waals surface area contributed by atoms with Crippen LogP contribution in [-0.2, 0) is 0 Å². The molecular weight excluding hydrogens is 300 g/mol. The summed E-state index contributed by atoms with van der Waals surface area (Å²) in [5.41, 5.74) is 1.34. The quantitative estimate of drug-likeness (QED) is 0.808. The van der Waals surface area contributed by atoms with Crippen LogP contribution in [0.1, 0.15) is 39.5 Å². The van der Waals surface area contributed by atoms with Crippen LogP contribution in [0.25, 0.3) is 0 Å². The summed E-state index contributed by atoms with van der Waals surface area (Å²) in [4.78, 5) is 6.33. The molecule has 0 atom stereocenters. The van der Waals surface area contributed by atoms with Gasteiger partial charge < -0.3 is 9.80 Å². The van der Waals surface area contributed by atoms with E-state index in [1.54, 1.807) is 0 Å². The van der Waals surface area contributed by atoms with E-state index in [4.69, 9.17) is 0 Å². The molecule has 0 aliphatic carbocycles. The van der Waals surface area contributed by atoms with E-state index in [-0.39, 0.29) is 0 Å². The van der Waals surface area contributed by atoms with Gasteiger partial charge in [0.2, 0.25) is 0 Å². The number of hydrogen-bond donors (Lipinski definition) is 1. The van der Waals surface area contributed by atoms with Crippen molar-refractivity contribution in [3.05, 3.63) is 24.3 Å². The zero-order valence-corrected chi connectivity index (χ0v) is 15.6. The van der Waals surface area contributed by atoms with E-state index in [0.717, 1.165) is 22.6 Å². The van der Waals surface area contributed by atoms with Crippen LogP contribution < -0.4 is 4.90 Å². The first-order chi connectivity index (χ1) is 11.1. The van der Waals surface area contributed by atoms with Crippen molar-refractivity contribution in [1.82, 2.24) is 4.90 Å². The number of nitrogens with zero attached hydrogens (tertiary/aromatic N) is 2. The van der Waals surface area contributed by atoms with Crippen LogP contribution in [-0.4, -0.2) is 37.6 Å². The monoisotopic (exact) mass is 332 g/mol. The molecule has 23 heavy (non-hydrogen) atoms. The molecule has 2 aliphatic heterocycles. The van der Waals surface area contributed by atoms with E-state index in [2.05, 4.69) is 60.5 Å². The van der Waals surface area contributed by atoms with Crippen molar-refractivity contribution < 1.29 is 0 Å². The third-order valence-corrected chi connectivity index (χ3v) is 6.18. The highest BCUT2D eigenvalue weighted by molar-refractivity contribution is 7.80. The molecule has 3 heteroatoms. The predicted octanol–water partition coefficient (Wildman–Crippen LogP) is 4.56. The summed E-state index contributed by atoms with van der Waals surface area (Å²) >= 11 is 4.47. The smallest absolute Gasteiger partial charge is 0.0377 e. The molecule has 2 heterocycles. The first kappa shape index (κ1) is 17.2. The van der Waals surface area contributed by atoms with Gasteiger partial charge >= 0.3 is 0 Å². The van der Waals surface area contributed by atoms with Crippen LogP contribution in [0.3, 0.4) is 0 Å². The van der Waals surface area contributed by atoms with E-state index in [1.807, 2.05) is 0 Å². The lowest BCUT2D eigenvalue weighted by molar-refractivity contribution is 0.132. The summed E-state index contributed by atoms with van der Waals surface area (Å²) in [5, 5.41) is 0. The number of likely N-dealkylation sites (tertiary alicyclic amines) is 1. The van der Waals surface area contributed by atoms with Gasteiger partial charge in [-0.15, -0.1) is 12.6 Å². The molecule has 0 spiro atoms. The van der Waals surface area contributed by atoms with E-state index >= 15 is 0 Å². The first-order valence-corrected chi connectivity index (χ1v) is 9.83. The second-order valence-corrected chi connectivity index (χ2v) is 8.35. The summed E-state index contributed by atoms with van der Waals surface area (Å²) in [6.07, 6.45) is 5.48. The van der Waals surface area contributed by atoms with Gasteiger partial charge in [-0.2, -0.15) is 0 Å². The minimum atomic E-state index is 0.864. The highest BCUT2D eigenvalue weighted by atomic mass is 32.1. The van der Waals surface area contributed by atoms with Crippen LogP contribution >= 0.6 is 12.6 Å². The molecule has 2 nitrogen and oxygen atoms in total. The van der Waals surface area contributed by atoms with Gasteiger partial charge in [0, 0.05) is 30.2 Å². The molecule has 0 aromatic heterocycles. The average molecular weight is 333 g/mol. The number of benzene rings is 1. The Morgan fingerprint density at radius 2 is 1.74 bits per heavy atom. The maximum atomic E-state index is 4.47. The summed E-state index contributed by atoms with van der Waals surface area (Å²) in [7, 11) is 0. The van der Waals surface area contributed by atoms with E-state index in [9.17, 15) is 0 Å². The second kappa shape index (κ2) is 7.94. The van der Waals surface area contributed by atoms with Crippen molar-refractivity contribution in [2.45, 2.75) is 44.4 Å². The standard InChI is InChI=1S/C20H32N2S/c1-16(2)18-8-10-21(11-9-18)15-17-6-12-22(13-7-17)19-4-3-5-20(23)14-19/h3-5,14,16-18,23H,6-13,15H2,1-2H3. The molecule has 1 aromatic carbocycles. The summed E-state index contributed by atoms with van der Waals surface area (Å²) in [6, 6.07) is 8.58. The molecule has 0 radical (unpaired) electrons. The minimum Gasteiger partial charge on any atom is -0.371 e. The Hall–Kier alpha value is -0.670. The summed E-state index contributed by atoms with van der Waals surface area (Å²) < 4.78 is 0. The maximum absolute atomic E-state index is 4.47. The van der Waals surface area contributed by atoms with Crippen LogP contribution in [0.4, 0.5) is 5.69 Å². The molecule has 128 valence electrons. The van der Waals surface area contributed by atoms with Crippen LogP contribution in [0, 0.1) is 17.8 Å². The van der Waals surface area contributed by atoms with Gasteiger partial charge in [-0.05, 0) is 74.7 Å². The van der Waals surface area contributed by atoms with E-state index < -0.39 is 0 Å². The zero-order valence-electron chi connectivity index (χ0n) is 14.7. The molecule has 0 bridgehead atoms. The van der Waals surface area contributed by atoms with Gasteiger partial charge in [-0.1, -0.05) is 19.9 Å². The fourth-order valence-corrected chi connectivity index (χ4v) is 4.45. The molecule has 0 saturated carbocycles. The van der Waals surface area contributed by atoms with Gasteiger partial charge in [0.1, 0.15) is 0 Å². The third kappa shape index (κ3) is 4.67. The third-order valence-electron chi connectivity index (χ3n) is 5.90. The largest absolute Gasteiger partial charge is 0.371 e.